The molecular formula is C19H26N6O. The summed E-state index contributed by atoms with van der Waals surface area (Å²) in [4.78, 5) is 29.4. The van der Waals surface area contributed by atoms with Crippen molar-refractivity contribution in [3.05, 3.63) is 42.0 Å². The Balaban J connectivity index is 1.75. The average Bonchev–Trinajstić information content (AvgIpc) is 2.62. The number of hydrogen-bond acceptors (Lipinski definition) is 6. The first kappa shape index (κ1) is 18.3. The van der Waals surface area contributed by atoms with Crippen LogP contribution >= 0.6 is 0 Å². The highest BCUT2D eigenvalue weighted by Crippen LogP contribution is 2.30. The van der Waals surface area contributed by atoms with Crippen molar-refractivity contribution in [1.29, 1.82) is 0 Å². The summed E-state index contributed by atoms with van der Waals surface area (Å²) >= 11 is 0. The van der Waals surface area contributed by atoms with Crippen molar-refractivity contribution in [2.24, 2.45) is 0 Å². The van der Waals surface area contributed by atoms with Crippen LogP contribution < -0.4 is 5.32 Å². The highest BCUT2D eigenvalue weighted by atomic mass is 16.2. The molecule has 0 saturated carbocycles. The molecule has 7 nitrogen and oxygen atoms in total. The van der Waals surface area contributed by atoms with Gasteiger partial charge in [0.2, 0.25) is 5.91 Å². The van der Waals surface area contributed by atoms with E-state index in [-0.39, 0.29) is 11.8 Å². The highest BCUT2D eigenvalue weighted by molar-refractivity contribution is 5.77. The van der Waals surface area contributed by atoms with Gasteiger partial charge in [-0.2, -0.15) is 0 Å². The number of rotatable bonds is 5. The Morgan fingerprint density at radius 3 is 2.88 bits per heavy atom. The molecule has 1 fully saturated rings. The van der Waals surface area contributed by atoms with E-state index in [1.165, 1.54) is 0 Å². The molecule has 26 heavy (non-hydrogen) atoms. The number of anilines is 2. The zero-order valence-electron chi connectivity index (χ0n) is 15.6. The van der Waals surface area contributed by atoms with Gasteiger partial charge in [0.05, 0.1) is 12.2 Å². The maximum absolute atomic E-state index is 12.0. The van der Waals surface area contributed by atoms with E-state index < -0.39 is 0 Å². The van der Waals surface area contributed by atoms with Gasteiger partial charge in [0.25, 0.3) is 0 Å². The van der Waals surface area contributed by atoms with Crippen molar-refractivity contribution in [2.75, 3.05) is 39.0 Å². The van der Waals surface area contributed by atoms with E-state index in [1.807, 2.05) is 25.1 Å². The smallest absolute Gasteiger partial charge is 0.236 e. The predicted molar refractivity (Wildman–Crippen MR) is 101 cm³/mol. The van der Waals surface area contributed by atoms with Gasteiger partial charge >= 0.3 is 0 Å². The SMILES string of the molecule is Cc1cccc(Nc2nccnc2[C@H]2CCCN(CC(=O)N(C)C)C2)n1. The molecule has 1 amide bonds. The lowest BCUT2D eigenvalue weighted by molar-refractivity contribution is -0.130. The minimum atomic E-state index is 0.132. The number of nitrogens with one attached hydrogen (secondary N) is 1. The summed E-state index contributed by atoms with van der Waals surface area (Å²) in [5, 5.41) is 3.31. The van der Waals surface area contributed by atoms with Crippen LogP contribution in [0.4, 0.5) is 11.6 Å². The number of likely N-dealkylation sites (tertiary alicyclic amines) is 1. The summed E-state index contributed by atoms with van der Waals surface area (Å²) in [6.07, 6.45) is 5.51. The Labute approximate surface area is 154 Å². The molecule has 1 N–H and O–H groups in total. The number of pyridine rings is 1. The fraction of sp³-hybridized carbons (Fsp3) is 0.474. The van der Waals surface area contributed by atoms with Gasteiger partial charge in [-0.05, 0) is 38.4 Å². The van der Waals surface area contributed by atoms with Gasteiger partial charge in [0.15, 0.2) is 5.82 Å². The van der Waals surface area contributed by atoms with E-state index in [4.69, 9.17) is 0 Å². The quantitative estimate of drug-likeness (QED) is 0.887. The van der Waals surface area contributed by atoms with Crippen LogP contribution in [-0.2, 0) is 4.79 Å². The molecule has 3 heterocycles. The number of amides is 1. The van der Waals surface area contributed by atoms with Gasteiger partial charge in [-0.15, -0.1) is 0 Å². The Kier molecular flexibility index (Phi) is 5.78. The number of aromatic nitrogens is 3. The second kappa shape index (κ2) is 8.23. The molecule has 1 atom stereocenters. The first-order chi connectivity index (χ1) is 12.5. The Hall–Kier alpha value is -2.54. The number of nitrogens with zero attached hydrogens (tertiary/aromatic N) is 5. The number of likely N-dealkylation sites (N-methyl/N-ethyl adjacent to an activating group) is 1. The molecule has 2 aromatic heterocycles. The molecule has 2 aromatic rings. The van der Waals surface area contributed by atoms with Crippen LogP contribution in [0.25, 0.3) is 0 Å². The lowest BCUT2D eigenvalue weighted by Crippen LogP contribution is -2.41. The van der Waals surface area contributed by atoms with Crippen LogP contribution in [0.2, 0.25) is 0 Å². The Morgan fingerprint density at radius 2 is 2.12 bits per heavy atom. The molecule has 0 aromatic carbocycles. The van der Waals surface area contributed by atoms with E-state index >= 15 is 0 Å². The zero-order chi connectivity index (χ0) is 18.5. The van der Waals surface area contributed by atoms with E-state index in [9.17, 15) is 4.79 Å². The molecule has 138 valence electrons. The van der Waals surface area contributed by atoms with Crippen molar-refractivity contribution in [1.82, 2.24) is 24.8 Å². The van der Waals surface area contributed by atoms with E-state index in [0.29, 0.717) is 6.54 Å². The highest BCUT2D eigenvalue weighted by Gasteiger charge is 2.26. The zero-order valence-corrected chi connectivity index (χ0v) is 15.6. The van der Waals surface area contributed by atoms with Crippen LogP contribution in [0.5, 0.6) is 0 Å². The summed E-state index contributed by atoms with van der Waals surface area (Å²) in [7, 11) is 3.59. The minimum absolute atomic E-state index is 0.132. The molecule has 0 spiro atoms. The molecule has 1 saturated heterocycles. The fourth-order valence-corrected chi connectivity index (χ4v) is 3.23. The molecular weight excluding hydrogens is 328 g/mol. The van der Waals surface area contributed by atoms with Gasteiger partial charge in [0, 0.05) is 44.6 Å². The van der Waals surface area contributed by atoms with Crippen LogP contribution in [0.15, 0.2) is 30.6 Å². The van der Waals surface area contributed by atoms with Crippen LogP contribution in [-0.4, -0.2) is 64.4 Å². The van der Waals surface area contributed by atoms with Gasteiger partial charge in [-0.25, -0.2) is 9.97 Å². The molecule has 0 aliphatic carbocycles. The topological polar surface area (TPSA) is 74.2 Å². The molecule has 0 bridgehead atoms. The van der Waals surface area contributed by atoms with Crippen LogP contribution in [0.1, 0.15) is 30.1 Å². The average molecular weight is 354 g/mol. The van der Waals surface area contributed by atoms with Crippen molar-refractivity contribution in [3.63, 3.8) is 0 Å². The third-order valence-electron chi connectivity index (χ3n) is 4.61. The molecule has 1 aliphatic rings. The van der Waals surface area contributed by atoms with Gasteiger partial charge in [0.1, 0.15) is 5.82 Å². The number of carbonyl (C=O) groups excluding carboxylic acids is 1. The van der Waals surface area contributed by atoms with E-state index in [1.54, 1.807) is 31.4 Å². The van der Waals surface area contributed by atoms with E-state index in [0.717, 1.165) is 49.0 Å². The number of piperidine rings is 1. The normalized spacial score (nSPS) is 17.7. The monoisotopic (exact) mass is 354 g/mol. The Morgan fingerprint density at radius 1 is 1.31 bits per heavy atom. The molecule has 0 unspecified atom stereocenters. The Bertz CT molecular complexity index is 763. The molecule has 7 heteroatoms. The first-order valence-electron chi connectivity index (χ1n) is 8.97. The van der Waals surface area contributed by atoms with Crippen LogP contribution in [0, 0.1) is 6.92 Å². The summed E-state index contributed by atoms with van der Waals surface area (Å²) in [6, 6.07) is 5.85. The predicted octanol–water partition coefficient (Wildman–Crippen LogP) is 2.19. The minimum Gasteiger partial charge on any atom is -0.348 e. The third kappa shape index (κ3) is 4.54. The summed E-state index contributed by atoms with van der Waals surface area (Å²) < 4.78 is 0. The van der Waals surface area contributed by atoms with Crippen molar-refractivity contribution >= 4 is 17.5 Å². The maximum Gasteiger partial charge on any atom is 0.236 e. The van der Waals surface area contributed by atoms with Crippen molar-refractivity contribution < 1.29 is 4.79 Å². The lowest BCUT2D eigenvalue weighted by atomic mass is 9.94. The molecule has 1 aliphatic heterocycles. The number of hydrogen-bond donors (Lipinski definition) is 1. The third-order valence-corrected chi connectivity index (χ3v) is 4.61. The maximum atomic E-state index is 12.0. The van der Waals surface area contributed by atoms with Crippen molar-refractivity contribution in [3.8, 4) is 0 Å². The van der Waals surface area contributed by atoms with Crippen LogP contribution in [0.3, 0.4) is 0 Å². The summed E-state index contributed by atoms with van der Waals surface area (Å²) in [5.41, 5.74) is 1.89. The van der Waals surface area contributed by atoms with Gasteiger partial charge < -0.3 is 10.2 Å². The number of aryl methyl sites for hydroxylation is 1. The second-order valence-electron chi connectivity index (χ2n) is 6.94. The molecule has 0 radical (unpaired) electrons. The van der Waals surface area contributed by atoms with Gasteiger partial charge in [-0.1, -0.05) is 6.07 Å². The largest absolute Gasteiger partial charge is 0.348 e. The lowest BCUT2D eigenvalue weighted by Gasteiger charge is -2.33. The second-order valence-corrected chi connectivity index (χ2v) is 6.94. The summed E-state index contributed by atoms with van der Waals surface area (Å²) in [5.74, 6) is 1.89. The van der Waals surface area contributed by atoms with Crippen molar-refractivity contribution in [2.45, 2.75) is 25.7 Å². The standard InChI is InChI=1S/C19H26N6O/c1-14-6-4-8-16(22-14)23-19-18(20-9-10-21-19)15-7-5-11-25(12-15)13-17(26)24(2)3/h4,6,8-10,15H,5,7,11-13H2,1-3H3,(H,21,22,23)/t15-/m0/s1. The molecule has 3 rings (SSSR count). The van der Waals surface area contributed by atoms with E-state index in [2.05, 4.69) is 25.2 Å². The first-order valence-corrected chi connectivity index (χ1v) is 8.97. The number of carbonyl (C=O) groups is 1. The fourth-order valence-electron chi connectivity index (χ4n) is 3.23. The summed E-state index contributed by atoms with van der Waals surface area (Å²) in [6.45, 7) is 4.17. The van der Waals surface area contributed by atoms with Gasteiger partial charge in [-0.3, -0.25) is 14.7 Å².